The van der Waals surface area contributed by atoms with Gasteiger partial charge in [-0.2, -0.15) is 5.26 Å². The second kappa shape index (κ2) is 6.66. The van der Waals surface area contributed by atoms with Gasteiger partial charge in [0.1, 0.15) is 0 Å². The van der Waals surface area contributed by atoms with Crippen LogP contribution in [0.1, 0.15) is 39.0 Å². The predicted molar refractivity (Wildman–Crippen MR) is 45.5 cm³/mol. The molecule has 0 aromatic rings. The minimum Gasteiger partial charge on any atom is -0.481 e. The quantitative estimate of drug-likeness (QED) is 0.620. The van der Waals surface area contributed by atoms with Gasteiger partial charge >= 0.3 is 5.97 Å². The molecule has 68 valence electrons. The fourth-order valence-corrected chi connectivity index (χ4v) is 1.06. The standard InChI is InChI=1S/C9H15NO2/c1-2-3-4-5-8(7-10)6-9(11)12/h8H,2-6H2,1H3,(H,11,12)/t8-/m0/s1. The Morgan fingerprint density at radius 3 is 2.67 bits per heavy atom. The summed E-state index contributed by atoms with van der Waals surface area (Å²) >= 11 is 0. The van der Waals surface area contributed by atoms with E-state index in [1.807, 2.05) is 6.07 Å². The summed E-state index contributed by atoms with van der Waals surface area (Å²) in [6.45, 7) is 2.08. The number of hydrogen-bond acceptors (Lipinski definition) is 2. The molecule has 0 rings (SSSR count). The first-order valence-electron chi connectivity index (χ1n) is 4.32. The summed E-state index contributed by atoms with van der Waals surface area (Å²) in [5.41, 5.74) is 0. The molecule has 0 bridgehead atoms. The van der Waals surface area contributed by atoms with Gasteiger partial charge in [0, 0.05) is 0 Å². The summed E-state index contributed by atoms with van der Waals surface area (Å²) in [5.74, 6) is -1.17. The van der Waals surface area contributed by atoms with Crippen molar-refractivity contribution in [2.75, 3.05) is 0 Å². The van der Waals surface area contributed by atoms with Crippen molar-refractivity contribution in [3.8, 4) is 6.07 Å². The molecule has 0 unspecified atom stereocenters. The third-order valence-electron chi connectivity index (χ3n) is 1.76. The lowest BCUT2D eigenvalue weighted by Gasteiger charge is -2.03. The van der Waals surface area contributed by atoms with Gasteiger partial charge in [0.25, 0.3) is 0 Å². The van der Waals surface area contributed by atoms with Gasteiger partial charge in [-0.25, -0.2) is 0 Å². The molecule has 0 radical (unpaired) electrons. The molecule has 0 aliphatic rings. The van der Waals surface area contributed by atoms with E-state index >= 15 is 0 Å². The lowest BCUT2D eigenvalue weighted by molar-refractivity contribution is -0.137. The molecule has 0 saturated heterocycles. The van der Waals surface area contributed by atoms with Crippen molar-refractivity contribution < 1.29 is 9.90 Å². The van der Waals surface area contributed by atoms with E-state index in [-0.39, 0.29) is 12.3 Å². The monoisotopic (exact) mass is 169 g/mol. The Kier molecular flexibility index (Phi) is 6.08. The van der Waals surface area contributed by atoms with Gasteiger partial charge in [0.05, 0.1) is 18.4 Å². The number of carboxylic acid groups (broad SMARTS) is 1. The smallest absolute Gasteiger partial charge is 0.304 e. The van der Waals surface area contributed by atoms with Crippen LogP contribution in [0.15, 0.2) is 0 Å². The number of carboxylic acids is 1. The van der Waals surface area contributed by atoms with E-state index in [0.717, 1.165) is 25.7 Å². The highest BCUT2D eigenvalue weighted by atomic mass is 16.4. The molecule has 12 heavy (non-hydrogen) atoms. The zero-order valence-corrected chi connectivity index (χ0v) is 7.42. The van der Waals surface area contributed by atoms with Gasteiger partial charge in [-0.1, -0.05) is 26.2 Å². The van der Waals surface area contributed by atoms with E-state index < -0.39 is 5.97 Å². The summed E-state index contributed by atoms with van der Waals surface area (Å²) in [7, 11) is 0. The lowest BCUT2D eigenvalue weighted by atomic mass is 10.00. The number of aliphatic carboxylic acids is 1. The topological polar surface area (TPSA) is 61.1 Å². The number of nitriles is 1. The third-order valence-corrected chi connectivity index (χ3v) is 1.76. The summed E-state index contributed by atoms with van der Waals surface area (Å²) in [6.07, 6.45) is 3.85. The molecule has 0 aliphatic heterocycles. The lowest BCUT2D eigenvalue weighted by Crippen LogP contribution is -2.05. The summed E-state index contributed by atoms with van der Waals surface area (Å²) in [4.78, 5) is 10.3. The van der Waals surface area contributed by atoms with Crippen molar-refractivity contribution in [3.63, 3.8) is 0 Å². The van der Waals surface area contributed by atoms with Crippen molar-refractivity contribution in [3.05, 3.63) is 0 Å². The molecule has 1 atom stereocenters. The van der Waals surface area contributed by atoms with E-state index in [1.165, 1.54) is 0 Å². The van der Waals surface area contributed by atoms with E-state index in [9.17, 15) is 4.79 Å². The van der Waals surface area contributed by atoms with Crippen molar-refractivity contribution in [2.24, 2.45) is 5.92 Å². The summed E-state index contributed by atoms with van der Waals surface area (Å²) < 4.78 is 0. The van der Waals surface area contributed by atoms with Crippen LogP contribution >= 0.6 is 0 Å². The van der Waals surface area contributed by atoms with E-state index in [0.29, 0.717) is 0 Å². The molecule has 3 heteroatoms. The number of hydrogen-bond donors (Lipinski definition) is 1. The molecule has 0 aliphatic carbocycles. The Morgan fingerprint density at radius 2 is 2.25 bits per heavy atom. The molecule has 1 N–H and O–H groups in total. The molecule has 3 nitrogen and oxygen atoms in total. The van der Waals surface area contributed by atoms with Crippen LogP contribution in [0, 0.1) is 17.2 Å². The van der Waals surface area contributed by atoms with Crippen LogP contribution in [-0.4, -0.2) is 11.1 Å². The van der Waals surface area contributed by atoms with Gasteiger partial charge in [-0.05, 0) is 6.42 Å². The molecule has 0 amide bonds. The number of nitrogens with zero attached hydrogens (tertiary/aromatic N) is 1. The minimum atomic E-state index is -0.877. The Morgan fingerprint density at radius 1 is 1.58 bits per heavy atom. The Hall–Kier alpha value is -1.04. The van der Waals surface area contributed by atoms with Gasteiger partial charge in [0.2, 0.25) is 0 Å². The largest absolute Gasteiger partial charge is 0.481 e. The van der Waals surface area contributed by atoms with Crippen molar-refractivity contribution in [1.82, 2.24) is 0 Å². The number of carbonyl (C=O) groups is 1. The maximum Gasteiger partial charge on any atom is 0.304 e. The fourth-order valence-electron chi connectivity index (χ4n) is 1.06. The third kappa shape index (κ3) is 5.72. The average molecular weight is 169 g/mol. The molecule has 0 aromatic carbocycles. The Bertz CT molecular complexity index is 172. The second-order valence-corrected chi connectivity index (χ2v) is 2.92. The predicted octanol–water partition coefficient (Wildman–Crippen LogP) is 2.18. The van der Waals surface area contributed by atoms with Crippen molar-refractivity contribution in [1.29, 1.82) is 5.26 Å². The second-order valence-electron chi connectivity index (χ2n) is 2.92. The normalized spacial score (nSPS) is 12.0. The van der Waals surface area contributed by atoms with Crippen LogP contribution in [0.25, 0.3) is 0 Å². The van der Waals surface area contributed by atoms with Gasteiger partial charge < -0.3 is 5.11 Å². The van der Waals surface area contributed by atoms with Crippen molar-refractivity contribution >= 4 is 5.97 Å². The molecule has 0 spiro atoms. The van der Waals surface area contributed by atoms with Crippen LogP contribution in [0.4, 0.5) is 0 Å². The van der Waals surface area contributed by atoms with E-state index in [1.54, 1.807) is 0 Å². The van der Waals surface area contributed by atoms with Crippen molar-refractivity contribution in [2.45, 2.75) is 39.0 Å². The molecule has 0 saturated carbocycles. The SMILES string of the molecule is CCCCC[C@H](C#N)CC(=O)O. The Balaban J connectivity index is 3.55. The number of rotatable bonds is 6. The first-order valence-corrected chi connectivity index (χ1v) is 4.32. The zero-order valence-electron chi connectivity index (χ0n) is 7.42. The highest BCUT2D eigenvalue weighted by Gasteiger charge is 2.10. The number of unbranched alkanes of at least 4 members (excludes halogenated alkanes) is 2. The zero-order chi connectivity index (χ0) is 9.40. The minimum absolute atomic E-state index is 0.0137. The summed E-state index contributed by atoms with van der Waals surface area (Å²) in [6, 6.07) is 2.01. The molecule has 0 heterocycles. The van der Waals surface area contributed by atoms with Crippen LogP contribution in [0.5, 0.6) is 0 Å². The van der Waals surface area contributed by atoms with Crippen LogP contribution in [0.2, 0.25) is 0 Å². The first kappa shape index (κ1) is 11.0. The maximum atomic E-state index is 10.3. The first-order chi connectivity index (χ1) is 5.70. The van der Waals surface area contributed by atoms with Crippen LogP contribution in [0.3, 0.4) is 0 Å². The van der Waals surface area contributed by atoms with Gasteiger partial charge in [-0.15, -0.1) is 0 Å². The molecular weight excluding hydrogens is 154 g/mol. The molecule has 0 aromatic heterocycles. The van der Waals surface area contributed by atoms with Gasteiger partial charge in [-0.3, -0.25) is 4.79 Å². The van der Waals surface area contributed by atoms with Crippen LogP contribution < -0.4 is 0 Å². The summed E-state index contributed by atoms with van der Waals surface area (Å²) in [5, 5.41) is 17.0. The Labute approximate surface area is 73.0 Å². The fraction of sp³-hybridized carbons (Fsp3) is 0.778. The van der Waals surface area contributed by atoms with Gasteiger partial charge in [0.15, 0.2) is 0 Å². The van der Waals surface area contributed by atoms with E-state index in [4.69, 9.17) is 10.4 Å². The highest BCUT2D eigenvalue weighted by Crippen LogP contribution is 2.12. The highest BCUT2D eigenvalue weighted by molar-refractivity contribution is 5.67. The molecule has 0 fully saturated rings. The maximum absolute atomic E-state index is 10.3. The van der Waals surface area contributed by atoms with E-state index in [2.05, 4.69) is 6.92 Å². The molecular formula is C9H15NO2. The van der Waals surface area contributed by atoms with Crippen LogP contribution in [-0.2, 0) is 4.79 Å². The average Bonchev–Trinajstić information content (AvgIpc) is 2.02.